The fourth-order valence-corrected chi connectivity index (χ4v) is 3.82. The molecule has 2 N–H and O–H groups in total. The van der Waals surface area contributed by atoms with Crippen LogP contribution in [0.1, 0.15) is 25.7 Å². The van der Waals surface area contributed by atoms with Crippen LogP contribution < -0.4 is 5.32 Å². The Morgan fingerprint density at radius 2 is 2.13 bits per heavy atom. The molecule has 23 heavy (non-hydrogen) atoms. The number of nitrogens with one attached hydrogen (secondary N) is 1. The van der Waals surface area contributed by atoms with Crippen molar-refractivity contribution in [2.24, 2.45) is 11.3 Å². The maximum Gasteiger partial charge on any atom is 0.272 e. The number of anilines is 1. The molecule has 0 bridgehead atoms. The summed E-state index contributed by atoms with van der Waals surface area (Å²) in [5.41, 5.74) is -0.0932. The largest absolute Gasteiger partial charge is 0.392 e. The molecule has 0 unspecified atom stereocenters. The molecule has 1 aromatic carbocycles. The van der Waals surface area contributed by atoms with Crippen LogP contribution in [0.4, 0.5) is 15.8 Å². The fraction of sp³-hybridized carbons (Fsp3) is 0.625. The van der Waals surface area contributed by atoms with Crippen molar-refractivity contribution in [1.82, 2.24) is 0 Å². The van der Waals surface area contributed by atoms with Crippen LogP contribution in [0.5, 0.6) is 0 Å². The van der Waals surface area contributed by atoms with Crippen LogP contribution in [0.25, 0.3) is 0 Å². The molecule has 1 spiro atoms. The smallest absolute Gasteiger partial charge is 0.272 e. The Kier molecular flexibility index (Phi) is 4.50. The standard InChI is InChI=1S/C16H21FN2O4/c17-13-9-12(19(21)22)1-2-14(13)18-10-11-3-4-16(15(11)20)5-7-23-8-6-16/h1-2,9,11,15,18,20H,3-8,10H2/t11-,15-/m1/s1. The van der Waals surface area contributed by atoms with Crippen LogP contribution in [0.15, 0.2) is 18.2 Å². The van der Waals surface area contributed by atoms with Gasteiger partial charge in [-0.2, -0.15) is 0 Å². The molecule has 0 radical (unpaired) electrons. The molecule has 1 heterocycles. The highest BCUT2D eigenvalue weighted by Gasteiger charge is 2.47. The first-order chi connectivity index (χ1) is 11.0. The highest BCUT2D eigenvalue weighted by atomic mass is 19.1. The maximum atomic E-state index is 13.9. The zero-order chi connectivity index (χ0) is 16.4. The SMILES string of the molecule is O=[N+]([O-])c1ccc(NC[C@H]2CCC3(CCOCC3)[C@@H]2O)c(F)c1. The molecule has 6 nitrogen and oxygen atoms in total. The molecule has 1 aliphatic heterocycles. The molecule has 7 heteroatoms. The number of nitro benzene ring substituents is 1. The topological polar surface area (TPSA) is 84.6 Å². The second-order valence-electron chi connectivity index (χ2n) is 6.52. The number of non-ortho nitro benzene ring substituents is 1. The predicted molar refractivity (Wildman–Crippen MR) is 82.8 cm³/mol. The number of hydrogen-bond acceptors (Lipinski definition) is 5. The van der Waals surface area contributed by atoms with E-state index in [0.29, 0.717) is 19.8 Å². The van der Waals surface area contributed by atoms with Crippen molar-refractivity contribution in [3.63, 3.8) is 0 Å². The van der Waals surface area contributed by atoms with Gasteiger partial charge in [-0.1, -0.05) is 0 Å². The lowest BCUT2D eigenvalue weighted by molar-refractivity contribution is -0.385. The van der Waals surface area contributed by atoms with Crippen molar-refractivity contribution in [2.45, 2.75) is 31.8 Å². The molecule has 2 atom stereocenters. The lowest BCUT2D eigenvalue weighted by Gasteiger charge is -2.37. The Balaban J connectivity index is 1.62. The third-order valence-electron chi connectivity index (χ3n) is 5.29. The van der Waals surface area contributed by atoms with Gasteiger partial charge in [0.1, 0.15) is 0 Å². The van der Waals surface area contributed by atoms with Crippen molar-refractivity contribution in [3.05, 3.63) is 34.1 Å². The Morgan fingerprint density at radius 3 is 2.78 bits per heavy atom. The summed E-state index contributed by atoms with van der Waals surface area (Å²) >= 11 is 0. The van der Waals surface area contributed by atoms with E-state index in [1.165, 1.54) is 12.1 Å². The monoisotopic (exact) mass is 324 g/mol. The quantitative estimate of drug-likeness (QED) is 0.657. The number of aliphatic hydroxyl groups excluding tert-OH is 1. The maximum absolute atomic E-state index is 13.9. The van der Waals surface area contributed by atoms with Crippen LogP contribution >= 0.6 is 0 Å². The highest BCUT2D eigenvalue weighted by molar-refractivity contribution is 5.50. The van der Waals surface area contributed by atoms with E-state index >= 15 is 0 Å². The number of nitro groups is 1. The Labute approximate surface area is 133 Å². The Hall–Kier alpha value is -1.73. The molecule has 2 fully saturated rings. The van der Waals surface area contributed by atoms with E-state index in [2.05, 4.69) is 5.32 Å². The Morgan fingerprint density at radius 1 is 1.39 bits per heavy atom. The van der Waals surface area contributed by atoms with Gasteiger partial charge in [-0.25, -0.2) is 4.39 Å². The van der Waals surface area contributed by atoms with Gasteiger partial charge in [0.25, 0.3) is 5.69 Å². The average Bonchev–Trinajstić information content (AvgIpc) is 2.83. The van der Waals surface area contributed by atoms with Gasteiger partial charge in [-0.15, -0.1) is 0 Å². The minimum absolute atomic E-state index is 0.0569. The predicted octanol–water partition coefficient (Wildman–Crippen LogP) is 2.71. The lowest BCUT2D eigenvalue weighted by atomic mass is 9.76. The Bertz CT molecular complexity index is 589. The fourth-order valence-electron chi connectivity index (χ4n) is 3.82. The number of nitrogens with zero attached hydrogens (tertiary/aromatic N) is 1. The second kappa shape index (κ2) is 6.41. The third-order valence-corrected chi connectivity index (χ3v) is 5.29. The normalized spacial score (nSPS) is 26.3. The third kappa shape index (κ3) is 3.16. The highest BCUT2D eigenvalue weighted by Crippen LogP contribution is 2.48. The number of benzene rings is 1. The second-order valence-corrected chi connectivity index (χ2v) is 6.52. The van der Waals surface area contributed by atoms with Crippen LogP contribution in [0, 0.1) is 27.3 Å². The molecule has 126 valence electrons. The van der Waals surface area contributed by atoms with Crippen LogP contribution in [-0.4, -0.2) is 35.9 Å². The van der Waals surface area contributed by atoms with E-state index < -0.39 is 16.8 Å². The van der Waals surface area contributed by atoms with Crippen molar-refractivity contribution in [3.8, 4) is 0 Å². The van der Waals surface area contributed by atoms with Gasteiger partial charge in [0.05, 0.1) is 22.8 Å². The summed E-state index contributed by atoms with van der Waals surface area (Å²) in [4.78, 5) is 10.00. The van der Waals surface area contributed by atoms with Crippen LogP contribution in [-0.2, 0) is 4.74 Å². The van der Waals surface area contributed by atoms with E-state index in [4.69, 9.17) is 4.74 Å². The van der Waals surface area contributed by atoms with Gasteiger partial charge < -0.3 is 15.2 Å². The molecule has 3 rings (SSSR count). The molecule has 0 amide bonds. The number of rotatable bonds is 4. The zero-order valence-electron chi connectivity index (χ0n) is 12.8. The molecular formula is C16H21FN2O4. The first kappa shape index (κ1) is 16.1. The molecule has 1 aromatic rings. The summed E-state index contributed by atoms with van der Waals surface area (Å²) in [6, 6.07) is 3.56. The van der Waals surface area contributed by atoms with Gasteiger partial charge in [-0.3, -0.25) is 10.1 Å². The van der Waals surface area contributed by atoms with Crippen LogP contribution in [0.2, 0.25) is 0 Å². The minimum atomic E-state index is -0.646. The first-order valence-electron chi connectivity index (χ1n) is 7.95. The summed E-state index contributed by atoms with van der Waals surface area (Å²) in [6.45, 7) is 1.83. The molecule has 1 saturated carbocycles. The summed E-state index contributed by atoms with van der Waals surface area (Å²) in [5.74, 6) is -0.588. The molecule has 1 saturated heterocycles. The molecule has 0 aromatic heterocycles. The van der Waals surface area contributed by atoms with Crippen molar-refractivity contribution in [2.75, 3.05) is 25.1 Å². The van der Waals surface area contributed by atoms with E-state index in [0.717, 1.165) is 31.7 Å². The van der Waals surface area contributed by atoms with Gasteiger partial charge in [-0.05, 0) is 31.7 Å². The van der Waals surface area contributed by atoms with E-state index in [1.54, 1.807) is 0 Å². The minimum Gasteiger partial charge on any atom is -0.392 e. The van der Waals surface area contributed by atoms with E-state index in [9.17, 15) is 19.6 Å². The van der Waals surface area contributed by atoms with E-state index in [-0.39, 0.29) is 22.7 Å². The lowest BCUT2D eigenvalue weighted by Crippen LogP contribution is -2.40. The van der Waals surface area contributed by atoms with Gasteiger partial charge in [0, 0.05) is 37.2 Å². The van der Waals surface area contributed by atoms with Crippen molar-refractivity contribution in [1.29, 1.82) is 0 Å². The van der Waals surface area contributed by atoms with E-state index in [1.807, 2.05) is 0 Å². The van der Waals surface area contributed by atoms with Crippen molar-refractivity contribution < 1.29 is 19.2 Å². The summed E-state index contributed by atoms with van der Waals surface area (Å²) < 4.78 is 19.3. The molecule has 2 aliphatic rings. The molecular weight excluding hydrogens is 303 g/mol. The number of halogens is 1. The first-order valence-corrected chi connectivity index (χ1v) is 7.95. The number of ether oxygens (including phenoxy) is 1. The average molecular weight is 324 g/mol. The summed E-state index contributed by atoms with van der Waals surface area (Å²) in [7, 11) is 0. The van der Waals surface area contributed by atoms with Crippen molar-refractivity contribution >= 4 is 11.4 Å². The summed E-state index contributed by atoms with van der Waals surface area (Å²) in [6.07, 6.45) is 3.18. The van der Waals surface area contributed by atoms with Gasteiger partial charge in [0.2, 0.25) is 0 Å². The zero-order valence-corrected chi connectivity index (χ0v) is 12.8. The summed E-state index contributed by atoms with van der Waals surface area (Å²) in [5, 5.41) is 24.3. The van der Waals surface area contributed by atoms with Crippen LogP contribution in [0.3, 0.4) is 0 Å². The van der Waals surface area contributed by atoms with Gasteiger partial charge >= 0.3 is 0 Å². The number of hydrogen-bond donors (Lipinski definition) is 2. The molecule has 1 aliphatic carbocycles. The number of aliphatic hydroxyl groups is 1. The van der Waals surface area contributed by atoms with Gasteiger partial charge in [0.15, 0.2) is 5.82 Å².